The Kier molecular flexibility index (Phi) is 4.76. The van der Waals surface area contributed by atoms with E-state index in [1.807, 2.05) is 24.3 Å². The van der Waals surface area contributed by atoms with E-state index in [9.17, 15) is 14.8 Å². The van der Waals surface area contributed by atoms with Gasteiger partial charge in [0.2, 0.25) is 0 Å². The van der Waals surface area contributed by atoms with Gasteiger partial charge in [0, 0.05) is 0 Å². The van der Waals surface area contributed by atoms with Crippen molar-refractivity contribution in [2.75, 3.05) is 19.9 Å². The Balaban J connectivity index is 2.52. The van der Waals surface area contributed by atoms with E-state index in [0.717, 1.165) is 10.8 Å². The van der Waals surface area contributed by atoms with E-state index in [-0.39, 0.29) is 18.8 Å². The van der Waals surface area contributed by atoms with Gasteiger partial charge in [-0.25, -0.2) is 0 Å². The van der Waals surface area contributed by atoms with Crippen molar-refractivity contribution in [1.29, 1.82) is 0 Å². The van der Waals surface area contributed by atoms with E-state index >= 15 is 0 Å². The SMILES string of the molecule is CCOP(C)(O)(OCC)c1cccc2cc3ccccc3c(C(=O)O)c12. The molecule has 2 N–H and O–H groups in total. The molecule has 5 nitrogen and oxygen atoms in total. The predicted molar refractivity (Wildman–Crippen MR) is 106 cm³/mol. The Bertz CT molecular complexity index is 986. The van der Waals surface area contributed by atoms with Crippen molar-refractivity contribution >= 4 is 40.1 Å². The van der Waals surface area contributed by atoms with E-state index in [4.69, 9.17) is 9.05 Å². The van der Waals surface area contributed by atoms with Crippen LogP contribution in [-0.4, -0.2) is 35.8 Å². The molecule has 3 aromatic carbocycles. The summed E-state index contributed by atoms with van der Waals surface area (Å²) in [6.07, 6.45) is 0. The molecule has 0 radical (unpaired) electrons. The van der Waals surface area contributed by atoms with Gasteiger partial charge in [-0.3, -0.25) is 0 Å². The van der Waals surface area contributed by atoms with Crippen LogP contribution in [0, 0.1) is 0 Å². The van der Waals surface area contributed by atoms with Crippen LogP contribution in [0.2, 0.25) is 0 Å². The molecule has 0 spiro atoms. The van der Waals surface area contributed by atoms with Crippen molar-refractivity contribution in [1.82, 2.24) is 0 Å². The van der Waals surface area contributed by atoms with Crippen LogP contribution < -0.4 is 5.30 Å². The van der Waals surface area contributed by atoms with Gasteiger partial charge in [0.1, 0.15) is 0 Å². The average molecular weight is 374 g/mol. The summed E-state index contributed by atoms with van der Waals surface area (Å²) in [5.41, 5.74) is 0.151. The number of carboxylic acid groups (broad SMARTS) is 1. The Morgan fingerprint density at radius 1 is 1.00 bits per heavy atom. The fraction of sp³-hybridized carbons (Fsp3) is 0.250. The van der Waals surface area contributed by atoms with Gasteiger partial charge in [-0.15, -0.1) is 0 Å². The summed E-state index contributed by atoms with van der Waals surface area (Å²) in [5, 5.41) is 13.0. The summed E-state index contributed by atoms with van der Waals surface area (Å²) in [7, 11) is -4.21. The zero-order chi connectivity index (χ0) is 19.0. The van der Waals surface area contributed by atoms with Gasteiger partial charge in [0.05, 0.1) is 0 Å². The summed E-state index contributed by atoms with van der Waals surface area (Å²) >= 11 is 0. The molecule has 0 fully saturated rings. The fourth-order valence-corrected chi connectivity index (χ4v) is 6.27. The number of fused-ring (bicyclic) bond motifs is 2. The average Bonchev–Trinajstić information content (AvgIpc) is 2.58. The fourth-order valence-electron chi connectivity index (χ4n) is 3.53. The predicted octanol–water partition coefficient (Wildman–Crippen LogP) is 4.31. The van der Waals surface area contributed by atoms with Crippen LogP contribution in [0.15, 0.2) is 48.5 Å². The van der Waals surface area contributed by atoms with E-state index < -0.39 is 13.3 Å². The summed E-state index contributed by atoms with van der Waals surface area (Å²) < 4.78 is 11.5. The molecule has 0 amide bonds. The minimum atomic E-state index is -4.21. The molecule has 0 aliphatic carbocycles. The van der Waals surface area contributed by atoms with Crippen molar-refractivity contribution < 1.29 is 23.8 Å². The van der Waals surface area contributed by atoms with Gasteiger partial charge in [0.25, 0.3) is 0 Å². The zero-order valence-corrected chi connectivity index (χ0v) is 16.0. The second-order valence-electron chi connectivity index (χ2n) is 6.30. The van der Waals surface area contributed by atoms with Crippen LogP contribution in [0.1, 0.15) is 24.2 Å². The molecule has 0 unspecified atom stereocenters. The maximum atomic E-state index is 12.2. The van der Waals surface area contributed by atoms with Gasteiger partial charge in [-0.05, 0) is 0 Å². The van der Waals surface area contributed by atoms with Crippen molar-refractivity contribution in [2.45, 2.75) is 13.8 Å². The summed E-state index contributed by atoms with van der Waals surface area (Å²) in [6.45, 7) is 5.60. The maximum absolute atomic E-state index is 12.2. The van der Waals surface area contributed by atoms with E-state index in [1.165, 1.54) is 0 Å². The number of hydrogen-bond acceptors (Lipinski definition) is 4. The second-order valence-corrected chi connectivity index (χ2v) is 9.91. The van der Waals surface area contributed by atoms with Gasteiger partial charge in [-0.2, -0.15) is 0 Å². The standard InChI is InChI=1S/C20H23O5P/c1-4-24-26(3,23,25-5-2)17-12-8-10-15-13-14-9-6-7-11-16(14)19(18(15)17)20(21)22/h6-13,23H,4-5H2,1-3H3,(H,21,22). The molecule has 0 aromatic heterocycles. The van der Waals surface area contributed by atoms with Crippen molar-refractivity contribution in [2.24, 2.45) is 0 Å². The Morgan fingerprint density at radius 2 is 1.62 bits per heavy atom. The Hall–Kier alpha value is -2.04. The molecular weight excluding hydrogens is 351 g/mol. The van der Waals surface area contributed by atoms with Gasteiger partial charge in [0.15, 0.2) is 0 Å². The minimum absolute atomic E-state index is 0.151. The van der Waals surface area contributed by atoms with Crippen LogP contribution in [0.25, 0.3) is 21.5 Å². The Labute approximate surface area is 152 Å². The molecule has 0 saturated heterocycles. The summed E-state index contributed by atoms with van der Waals surface area (Å²) in [5.74, 6) is -1.05. The van der Waals surface area contributed by atoms with Crippen molar-refractivity contribution in [3.8, 4) is 0 Å². The molecule has 0 aliphatic rings. The molecule has 0 atom stereocenters. The first-order chi connectivity index (χ1) is 12.3. The monoisotopic (exact) mass is 374 g/mol. The third-order valence-electron chi connectivity index (χ3n) is 4.49. The van der Waals surface area contributed by atoms with E-state index in [2.05, 4.69) is 0 Å². The van der Waals surface area contributed by atoms with Crippen LogP contribution in [-0.2, 0) is 9.05 Å². The Morgan fingerprint density at radius 3 is 2.23 bits per heavy atom. The molecule has 0 bridgehead atoms. The number of rotatable bonds is 6. The molecule has 138 valence electrons. The van der Waals surface area contributed by atoms with Crippen molar-refractivity contribution in [3.05, 3.63) is 54.1 Å². The first-order valence-electron chi connectivity index (χ1n) is 8.55. The van der Waals surface area contributed by atoms with Gasteiger partial charge < -0.3 is 0 Å². The van der Waals surface area contributed by atoms with Crippen LogP contribution in [0.5, 0.6) is 0 Å². The number of hydrogen-bond donors (Lipinski definition) is 2. The van der Waals surface area contributed by atoms with Crippen molar-refractivity contribution in [3.63, 3.8) is 0 Å². The van der Waals surface area contributed by atoms with Gasteiger partial charge in [-0.1, -0.05) is 0 Å². The molecule has 6 heteroatoms. The van der Waals surface area contributed by atoms with Crippen LogP contribution in [0.3, 0.4) is 0 Å². The van der Waals surface area contributed by atoms with E-state index in [0.29, 0.717) is 16.1 Å². The number of aromatic carboxylic acids is 1. The van der Waals surface area contributed by atoms with Crippen LogP contribution >= 0.6 is 7.28 Å². The molecule has 0 saturated carbocycles. The van der Waals surface area contributed by atoms with Gasteiger partial charge >= 0.3 is 152 Å². The summed E-state index contributed by atoms with van der Waals surface area (Å²) in [6, 6.07) is 14.6. The molecule has 3 rings (SSSR count). The second kappa shape index (κ2) is 6.60. The third kappa shape index (κ3) is 2.97. The number of carboxylic acids is 1. The molecular formula is C20H23O5P. The zero-order valence-electron chi connectivity index (χ0n) is 15.1. The molecule has 0 heterocycles. The summed E-state index contributed by atoms with van der Waals surface area (Å²) in [4.78, 5) is 23.7. The topological polar surface area (TPSA) is 76.0 Å². The number of benzene rings is 3. The first-order valence-corrected chi connectivity index (χ1v) is 11.0. The first kappa shape index (κ1) is 18.7. The molecule has 3 aromatic rings. The quantitative estimate of drug-likeness (QED) is 0.497. The molecule has 26 heavy (non-hydrogen) atoms. The normalized spacial score (nSPS) is 13.6. The third-order valence-corrected chi connectivity index (χ3v) is 7.69. The number of carbonyl (C=O) groups is 1. The van der Waals surface area contributed by atoms with Crippen LogP contribution in [0.4, 0.5) is 0 Å². The molecule has 0 aliphatic heterocycles. The van der Waals surface area contributed by atoms with E-state index in [1.54, 1.807) is 44.8 Å².